The van der Waals surface area contributed by atoms with Crippen molar-refractivity contribution < 1.29 is 9.53 Å². The molecule has 0 bridgehead atoms. The molecule has 0 aliphatic carbocycles. The van der Waals surface area contributed by atoms with Gasteiger partial charge in [0.1, 0.15) is 0 Å². The summed E-state index contributed by atoms with van der Waals surface area (Å²) in [5.41, 5.74) is 4.13. The zero-order valence-electron chi connectivity index (χ0n) is 15.4. The minimum atomic E-state index is 0.143. The number of hydrogen-bond donors (Lipinski definition) is 0. The highest BCUT2D eigenvalue weighted by atomic mass is 16.5. The lowest BCUT2D eigenvalue weighted by atomic mass is 9.99. The highest BCUT2D eigenvalue weighted by Gasteiger charge is 2.18. The molecule has 24 heavy (non-hydrogen) atoms. The Hall–Kier alpha value is -1.94. The Morgan fingerprint density at radius 3 is 2.62 bits per heavy atom. The number of fused-ring (bicyclic) bond motifs is 1. The van der Waals surface area contributed by atoms with Crippen LogP contribution in [-0.2, 0) is 16.0 Å². The van der Waals surface area contributed by atoms with Gasteiger partial charge in [0.2, 0.25) is 5.91 Å². The van der Waals surface area contributed by atoms with Crippen LogP contribution in [0.1, 0.15) is 30.7 Å². The number of nitrogens with zero attached hydrogens (tertiary/aromatic N) is 2. The third kappa shape index (κ3) is 4.32. The van der Waals surface area contributed by atoms with Gasteiger partial charge in [-0.2, -0.15) is 0 Å². The number of ether oxygens (including phenoxy) is 1. The van der Waals surface area contributed by atoms with Crippen molar-refractivity contribution in [1.29, 1.82) is 0 Å². The van der Waals surface area contributed by atoms with Crippen LogP contribution < -0.4 is 0 Å². The Bertz CT molecular complexity index is 710. The first-order valence-electron chi connectivity index (χ1n) is 8.55. The van der Waals surface area contributed by atoms with Crippen LogP contribution in [0.2, 0.25) is 0 Å². The molecule has 1 aromatic carbocycles. The van der Waals surface area contributed by atoms with E-state index >= 15 is 0 Å². The number of methoxy groups -OCH3 is 1. The molecule has 0 aliphatic rings. The van der Waals surface area contributed by atoms with E-state index in [1.807, 2.05) is 30.0 Å². The van der Waals surface area contributed by atoms with E-state index < -0.39 is 0 Å². The second-order valence-electron chi connectivity index (χ2n) is 6.72. The van der Waals surface area contributed by atoms with Crippen molar-refractivity contribution in [2.75, 3.05) is 26.8 Å². The van der Waals surface area contributed by atoms with E-state index in [-0.39, 0.29) is 5.91 Å². The van der Waals surface area contributed by atoms with Crippen molar-refractivity contribution in [3.05, 3.63) is 41.1 Å². The first-order chi connectivity index (χ1) is 11.4. The van der Waals surface area contributed by atoms with Gasteiger partial charge in [-0.15, -0.1) is 0 Å². The van der Waals surface area contributed by atoms with Gasteiger partial charge in [0.15, 0.2) is 0 Å². The monoisotopic (exact) mass is 328 g/mol. The normalized spacial score (nSPS) is 11.2. The van der Waals surface area contributed by atoms with Gasteiger partial charge in [-0.3, -0.25) is 9.78 Å². The Balaban J connectivity index is 2.28. The molecule has 0 N–H and O–H groups in total. The predicted molar refractivity (Wildman–Crippen MR) is 98.2 cm³/mol. The fourth-order valence-corrected chi connectivity index (χ4v) is 3.05. The number of pyridine rings is 1. The second-order valence-corrected chi connectivity index (χ2v) is 6.72. The van der Waals surface area contributed by atoms with E-state index in [0.29, 0.717) is 25.5 Å². The molecule has 1 amide bonds. The van der Waals surface area contributed by atoms with Gasteiger partial charge in [-0.1, -0.05) is 32.0 Å². The molecule has 0 saturated carbocycles. The lowest BCUT2D eigenvalue weighted by Crippen LogP contribution is -2.38. The van der Waals surface area contributed by atoms with Crippen LogP contribution >= 0.6 is 0 Å². The van der Waals surface area contributed by atoms with E-state index in [4.69, 9.17) is 4.74 Å². The molecule has 130 valence electrons. The van der Waals surface area contributed by atoms with E-state index in [9.17, 15) is 4.79 Å². The highest BCUT2D eigenvalue weighted by molar-refractivity contribution is 5.86. The minimum absolute atomic E-state index is 0.143. The van der Waals surface area contributed by atoms with Crippen molar-refractivity contribution in [1.82, 2.24) is 9.88 Å². The van der Waals surface area contributed by atoms with Crippen LogP contribution in [0.15, 0.2) is 24.3 Å². The molecule has 0 spiro atoms. The summed E-state index contributed by atoms with van der Waals surface area (Å²) in [4.78, 5) is 19.4. The summed E-state index contributed by atoms with van der Waals surface area (Å²) in [7, 11) is 1.67. The first-order valence-corrected chi connectivity index (χ1v) is 8.55. The summed E-state index contributed by atoms with van der Waals surface area (Å²) in [6, 6.07) is 8.10. The smallest absolute Gasteiger partial charge is 0.227 e. The summed E-state index contributed by atoms with van der Waals surface area (Å²) >= 11 is 0. The number of carbonyl (C=O) groups excluding carboxylic acids is 1. The van der Waals surface area contributed by atoms with Crippen LogP contribution in [0.4, 0.5) is 0 Å². The molecule has 2 rings (SSSR count). The third-order valence-corrected chi connectivity index (χ3v) is 4.32. The molecule has 0 atom stereocenters. The molecule has 0 fully saturated rings. The summed E-state index contributed by atoms with van der Waals surface area (Å²) < 4.78 is 5.15. The molecule has 0 saturated heterocycles. The van der Waals surface area contributed by atoms with Gasteiger partial charge in [0.05, 0.1) is 18.5 Å². The highest BCUT2D eigenvalue weighted by Crippen LogP contribution is 2.23. The van der Waals surface area contributed by atoms with Crippen molar-refractivity contribution in [3.63, 3.8) is 0 Å². The molecule has 0 unspecified atom stereocenters. The number of amides is 1. The average molecular weight is 328 g/mol. The predicted octanol–water partition coefficient (Wildman–Crippen LogP) is 3.53. The molecule has 0 radical (unpaired) electrons. The Morgan fingerprint density at radius 1 is 1.25 bits per heavy atom. The largest absolute Gasteiger partial charge is 0.383 e. The topological polar surface area (TPSA) is 42.4 Å². The number of aromatic nitrogens is 1. The van der Waals surface area contributed by atoms with E-state index in [1.54, 1.807) is 7.11 Å². The lowest BCUT2D eigenvalue weighted by Gasteiger charge is -2.25. The number of para-hydroxylation sites is 1. The quantitative estimate of drug-likeness (QED) is 0.781. The van der Waals surface area contributed by atoms with Gasteiger partial charge in [-0.25, -0.2) is 0 Å². The van der Waals surface area contributed by atoms with Gasteiger partial charge in [0.25, 0.3) is 0 Å². The Labute approximate surface area is 144 Å². The van der Waals surface area contributed by atoms with E-state index in [0.717, 1.165) is 34.3 Å². The maximum Gasteiger partial charge on any atom is 0.227 e. The standard InChI is InChI=1S/C20H28N2O2/c1-14(2)13-22(10-11-24-5)20(23)12-18-15(3)17-8-6-7-9-19(17)21-16(18)4/h6-9,14H,10-13H2,1-5H3. The molecule has 1 aromatic heterocycles. The third-order valence-electron chi connectivity index (χ3n) is 4.32. The van der Waals surface area contributed by atoms with Crippen molar-refractivity contribution in [2.45, 2.75) is 34.1 Å². The van der Waals surface area contributed by atoms with Gasteiger partial charge >= 0.3 is 0 Å². The summed E-state index contributed by atoms with van der Waals surface area (Å²) in [6.07, 6.45) is 0.395. The van der Waals surface area contributed by atoms with Gasteiger partial charge in [0, 0.05) is 31.3 Å². The summed E-state index contributed by atoms with van der Waals surface area (Å²) in [6.45, 7) is 10.3. The first kappa shape index (κ1) is 18.4. The molecule has 2 aromatic rings. The molecule has 4 nitrogen and oxygen atoms in total. The van der Waals surface area contributed by atoms with Gasteiger partial charge in [-0.05, 0) is 37.0 Å². The minimum Gasteiger partial charge on any atom is -0.383 e. The maximum atomic E-state index is 12.8. The molecule has 4 heteroatoms. The average Bonchev–Trinajstić information content (AvgIpc) is 2.54. The fourth-order valence-electron chi connectivity index (χ4n) is 3.05. The molecule has 0 aliphatic heterocycles. The van der Waals surface area contributed by atoms with Crippen LogP contribution in [-0.4, -0.2) is 42.6 Å². The number of benzene rings is 1. The van der Waals surface area contributed by atoms with Crippen molar-refractivity contribution >= 4 is 16.8 Å². The van der Waals surface area contributed by atoms with Crippen LogP contribution in [0.3, 0.4) is 0 Å². The second kappa shape index (κ2) is 8.25. The zero-order valence-corrected chi connectivity index (χ0v) is 15.4. The van der Waals surface area contributed by atoms with Crippen LogP contribution in [0.5, 0.6) is 0 Å². The van der Waals surface area contributed by atoms with Crippen molar-refractivity contribution in [2.24, 2.45) is 5.92 Å². The SMILES string of the molecule is COCCN(CC(C)C)C(=O)Cc1c(C)nc2ccccc2c1C. The number of carbonyl (C=O) groups is 1. The summed E-state index contributed by atoms with van der Waals surface area (Å²) in [5.74, 6) is 0.576. The Kier molecular flexibility index (Phi) is 6.32. The van der Waals surface area contributed by atoms with Gasteiger partial charge < -0.3 is 9.64 Å². The van der Waals surface area contributed by atoms with E-state index in [1.165, 1.54) is 0 Å². The van der Waals surface area contributed by atoms with E-state index in [2.05, 4.69) is 31.8 Å². The zero-order chi connectivity index (χ0) is 17.7. The molecule has 1 heterocycles. The summed E-state index contributed by atoms with van der Waals surface area (Å²) in [5, 5.41) is 1.12. The molecular weight excluding hydrogens is 300 g/mol. The lowest BCUT2D eigenvalue weighted by molar-refractivity contribution is -0.131. The Morgan fingerprint density at radius 2 is 1.96 bits per heavy atom. The number of aryl methyl sites for hydroxylation is 2. The van der Waals surface area contributed by atoms with Crippen LogP contribution in [0, 0.1) is 19.8 Å². The number of rotatable bonds is 7. The molecular formula is C20H28N2O2. The number of hydrogen-bond acceptors (Lipinski definition) is 3. The fraction of sp³-hybridized carbons (Fsp3) is 0.500. The maximum absolute atomic E-state index is 12.8. The van der Waals surface area contributed by atoms with Crippen molar-refractivity contribution in [3.8, 4) is 0 Å². The van der Waals surface area contributed by atoms with Crippen LogP contribution in [0.25, 0.3) is 10.9 Å².